The number of hydrogen-bond donors (Lipinski definition) is 1. The number of methoxy groups -OCH3 is 1. The zero-order chi connectivity index (χ0) is 12.0. The normalized spacial score (nSPS) is 12.4. The van der Waals surface area contributed by atoms with Crippen LogP contribution < -0.4 is 5.32 Å². The first kappa shape index (κ1) is 13.7. The molecule has 0 saturated carbocycles. The third kappa shape index (κ3) is 5.09. The van der Waals surface area contributed by atoms with Crippen molar-refractivity contribution < 1.29 is 9.53 Å². The molecule has 0 aliphatic heterocycles. The van der Waals surface area contributed by atoms with E-state index in [-0.39, 0.29) is 11.8 Å². The highest BCUT2D eigenvalue weighted by molar-refractivity contribution is 9.10. The molecular formula is C11H16BrNO2S. The summed E-state index contributed by atoms with van der Waals surface area (Å²) >= 11 is 5.02. The first-order valence-corrected chi connectivity index (χ1v) is 6.77. The fraction of sp³-hybridized carbons (Fsp3) is 0.545. The summed E-state index contributed by atoms with van der Waals surface area (Å²) in [5, 5.41) is 4.91. The van der Waals surface area contributed by atoms with Gasteiger partial charge in [0, 0.05) is 34.9 Å². The summed E-state index contributed by atoms with van der Waals surface area (Å²) in [4.78, 5) is 12.7. The molecule has 0 bridgehead atoms. The molecule has 1 amide bonds. The first-order valence-electron chi connectivity index (χ1n) is 5.10. The Morgan fingerprint density at radius 3 is 3.00 bits per heavy atom. The van der Waals surface area contributed by atoms with Gasteiger partial charge in [-0.2, -0.15) is 0 Å². The average Bonchev–Trinajstić information content (AvgIpc) is 2.61. The number of carbonyl (C=O) groups is 1. The van der Waals surface area contributed by atoms with Gasteiger partial charge in [0.25, 0.3) is 0 Å². The van der Waals surface area contributed by atoms with Gasteiger partial charge < -0.3 is 10.1 Å². The number of nitrogens with one attached hydrogen (secondary N) is 1. The van der Waals surface area contributed by atoms with E-state index in [1.54, 1.807) is 18.4 Å². The van der Waals surface area contributed by atoms with E-state index in [1.165, 1.54) is 0 Å². The van der Waals surface area contributed by atoms with Crippen LogP contribution in [0.5, 0.6) is 0 Å². The van der Waals surface area contributed by atoms with E-state index in [0.29, 0.717) is 19.6 Å². The van der Waals surface area contributed by atoms with Crippen molar-refractivity contribution in [1.29, 1.82) is 0 Å². The van der Waals surface area contributed by atoms with Gasteiger partial charge in [0.15, 0.2) is 0 Å². The molecule has 0 aromatic carbocycles. The lowest BCUT2D eigenvalue weighted by atomic mass is 10.1. The molecule has 90 valence electrons. The average molecular weight is 306 g/mol. The third-order valence-electron chi connectivity index (χ3n) is 2.07. The minimum atomic E-state index is 0.0778. The summed E-state index contributed by atoms with van der Waals surface area (Å²) in [6.45, 7) is 3.23. The predicted molar refractivity (Wildman–Crippen MR) is 69.5 cm³/mol. The zero-order valence-electron chi connectivity index (χ0n) is 9.46. The lowest BCUT2D eigenvalue weighted by Gasteiger charge is -2.09. The zero-order valence-corrected chi connectivity index (χ0v) is 11.9. The SMILES string of the molecule is COCC(C)CC(=O)NCc1cc(Br)cs1. The van der Waals surface area contributed by atoms with Gasteiger partial charge in [-0.05, 0) is 27.9 Å². The second-order valence-corrected chi connectivity index (χ2v) is 5.68. The van der Waals surface area contributed by atoms with Crippen molar-refractivity contribution in [2.75, 3.05) is 13.7 Å². The van der Waals surface area contributed by atoms with Crippen LogP contribution in [-0.4, -0.2) is 19.6 Å². The Balaban J connectivity index is 2.25. The van der Waals surface area contributed by atoms with Gasteiger partial charge in [0.05, 0.1) is 6.54 Å². The van der Waals surface area contributed by atoms with Crippen LogP contribution in [0.2, 0.25) is 0 Å². The van der Waals surface area contributed by atoms with Gasteiger partial charge in [-0.15, -0.1) is 11.3 Å². The lowest BCUT2D eigenvalue weighted by molar-refractivity contribution is -0.122. The Kier molecular flexibility index (Phi) is 6.01. The van der Waals surface area contributed by atoms with Crippen molar-refractivity contribution >= 4 is 33.2 Å². The lowest BCUT2D eigenvalue weighted by Crippen LogP contribution is -2.25. The number of amides is 1. The van der Waals surface area contributed by atoms with Crippen LogP contribution in [0.25, 0.3) is 0 Å². The van der Waals surface area contributed by atoms with Gasteiger partial charge in [0.2, 0.25) is 5.91 Å². The molecule has 1 rings (SSSR count). The molecule has 1 aromatic heterocycles. The maximum Gasteiger partial charge on any atom is 0.220 e. The van der Waals surface area contributed by atoms with Crippen molar-refractivity contribution in [3.8, 4) is 0 Å². The molecule has 16 heavy (non-hydrogen) atoms. The molecule has 0 fully saturated rings. The van der Waals surface area contributed by atoms with E-state index in [1.807, 2.05) is 18.4 Å². The largest absolute Gasteiger partial charge is 0.384 e. The van der Waals surface area contributed by atoms with Crippen molar-refractivity contribution in [2.45, 2.75) is 19.9 Å². The summed E-state index contributed by atoms with van der Waals surface area (Å²) in [5.41, 5.74) is 0. The van der Waals surface area contributed by atoms with Crippen molar-refractivity contribution in [3.05, 3.63) is 20.8 Å². The molecule has 0 spiro atoms. The molecule has 5 heteroatoms. The van der Waals surface area contributed by atoms with Gasteiger partial charge in [-0.3, -0.25) is 4.79 Å². The first-order chi connectivity index (χ1) is 7.61. The number of ether oxygens (including phenoxy) is 1. The maximum absolute atomic E-state index is 11.5. The number of rotatable bonds is 6. The van der Waals surface area contributed by atoms with Crippen LogP contribution >= 0.6 is 27.3 Å². The number of thiophene rings is 1. The predicted octanol–water partition coefficient (Wildman–Crippen LogP) is 2.80. The second-order valence-electron chi connectivity index (χ2n) is 3.77. The quantitative estimate of drug-likeness (QED) is 0.877. The van der Waals surface area contributed by atoms with Crippen LogP contribution in [0.4, 0.5) is 0 Å². The van der Waals surface area contributed by atoms with E-state index in [2.05, 4.69) is 21.2 Å². The number of carbonyl (C=O) groups excluding carboxylic acids is 1. The van der Waals surface area contributed by atoms with Crippen LogP contribution in [0, 0.1) is 5.92 Å². The van der Waals surface area contributed by atoms with E-state index in [0.717, 1.165) is 9.35 Å². The summed E-state index contributed by atoms with van der Waals surface area (Å²) in [7, 11) is 1.65. The molecule has 1 aromatic rings. The summed E-state index contributed by atoms with van der Waals surface area (Å²) in [5.74, 6) is 0.342. The molecule has 1 N–H and O–H groups in total. The smallest absolute Gasteiger partial charge is 0.220 e. The number of halogens is 1. The summed E-state index contributed by atoms with van der Waals surface area (Å²) in [6, 6.07) is 2.02. The monoisotopic (exact) mass is 305 g/mol. The van der Waals surface area contributed by atoms with Gasteiger partial charge in [0.1, 0.15) is 0 Å². The standard InChI is InChI=1S/C11H16BrNO2S/c1-8(6-15-2)3-11(14)13-5-10-4-9(12)7-16-10/h4,7-8H,3,5-6H2,1-2H3,(H,13,14). The van der Waals surface area contributed by atoms with Gasteiger partial charge >= 0.3 is 0 Å². The van der Waals surface area contributed by atoms with E-state index < -0.39 is 0 Å². The maximum atomic E-state index is 11.5. The topological polar surface area (TPSA) is 38.3 Å². The molecular weight excluding hydrogens is 290 g/mol. The highest BCUT2D eigenvalue weighted by Gasteiger charge is 2.08. The minimum Gasteiger partial charge on any atom is -0.384 e. The van der Waals surface area contributed by atoms with Gasteiger partial charge in [-0.25, -0.2) is 0 Å². The van der Waals surface area contributed by atoms with Gasteiger partial charge in [-0.1, -0.05) is 6.92 Å². The van der Waals surface area contributed by atoms with Crippen LogP contribution in [0.15, 0.2) is 15.9 Å². The van der Waals surface area contributed by atoms with E-state index in [4.69, 9.17) is 4.74 Å². The van der Waals surface area contributed by atoms with Crippen molar-refractivity contribution in [3.63, 3.8) is 0 Å². The molecule has 1 atom stereocenters. The molecule has 3 nitrogen and oxygen atoms in total. The highest BCUT2D eigenvalue weighted by atomic mass is 79.9. The Hall–Kier alpha value is -0.390. The fourth-order valence-electron chi connectivity index (χ4n) is 1.36. The third-order valence-corrected chi connectivity index (χ3v) is 3.76. The number of hydrogen-bond acceptors (Lipinski definition) is 3. The fourth-order valence-corrected chi connectivity index (χ4v) is 2.76. The Bertz CT molecular complexity index is 340. The molecule has 0 saturated heterocycles. The van der Waals surface area contributed by atoms with Crippen LogP contribution in [0.3, 0.4) is 0 Å². The molecule has 1 heterocycles. The summed E-state index contributed by atoms with van der Waals surface area (Å²) in [6.07, 6.45) is 0.514. The van der Waals surface area contributed by atoms with Crippen molar-refractivity contribution in [2.24, 2.45) is 5.92 Å². The van der Waals surface area contributed by atoms with Crippen molar-refractivity contribution in [1.82, 2.24) is 5.32 Å². The molecule has 1 unspecified atom stereocenters. The molecule has 0 aliphatic carbocycles. The van der Waals surface area contributed by atoms with E-state index >= 15 is 0 Å². The Morgan fingerprint density at radius 1 is 1.69 bits per heavy atom. The Morgan fingerprint density at radius 2 is 2.44 bits per heavy atom. The minimum absolute atomic E-state index is 0.0778. The molecule has 0 aliphatic rings. The van der Waals surface area contributed by atoms with Crippen LogP contribution in [0.1, 0.15) is 18.2 Å². The second kappa shape index (κ2) is 7.04. The highest BCUT2D eigenvalue weighted by Crippen LogP contribution is 2.19. The summed E-state index contributed by atoms with van der Waals surface area (Å²) < 4.78 is 6.05. The molecule has 0 radical (unpaired) electrons. The van der Waals surface area contributed by atoms with Crippen LogP contribution in [-0.2, 0) is 16.1 Å². The Labute approximate surface area is 108 Å². The van der Waals surface area contributed by atoms with E-state index in [9.17, 15) is 4.79 Å².